The number of nitrogens with one attached hydrogen (secondary N) is 2. The van der Waals surface area contributed by atoms with E-state index in [2.05, 4.69) is 10.3 Å². The quantitative estimate of drug-likeness (QED) is 0.837. The van der Waals surface area contributed by atoms with Gasteiger partial charge in [0.25, 0.3) is 5.91 Å². The van der Waals surface area contributed by atoms with E-state index in [9.17, 15) is 4.79 Å². The lowest BCUT2D eigenvalue weighted by molar-refractivity contribution is -0.142. The maximum absolute atomic E-state index is 12.4. The third-order valence-corrected chi connectivity index (χ3v) is 4.89. The van der Waals surface area contributed by atoms with Crippen LogP contribution >= 0.6 is 11.6 Å². The Labute approximate surface area is 148 Å². The summed E-state index contributed by atoms with van der Waals surface area (Å²) in [5, 5.41) is 4.81. The van der Waals surface area contributed by atoms with Crippen LogP contribution in [0.2, 0.25) is 5.02 Å². The van der Waals surface area contributed by atoms with Crippen molar-refractivity contribution in [2.45, 2.75) is 59.1 Å². The molecule has 1 saturated heterocycles. The van der Waals surface area contributed by atoms with E-state index >= 15 is 0 Å². The van der Waals surface area contributed by atoms with Crippen LogP contribution in [0.15, 0.2) is 18.2 Å². The SMILES string of the molecule is CC.CCC1(C(=O)NCc2cc3cc(Cl)c(C)cc3[nH]2)CCCO1. The van der Waals surface area contributed by atoms with Crippen molar-refractivity contribution in [2.75, 3.05) is 6.61 Å². The minimum Gasteiger partial charge on any atom is -0.365 e. The molecule has 0 saturated carbocycles. The Kier molecular flexibility index (Phi) is 6.30. The second-order valence-electron chi connectivity index (χ2n) is 5.97. The third kappa shape index (κ3) is 3.76. The molecule has 1 amide bonds. The van der Waals surface area contributed by atoms with Crippen LogP contribution in [0.1, 0.15) is 51.3 Å². The van der Waals surface area contributed by atoms with Crippen molar-refractivity contribution >= 4 is 28.4 Å². The van der Waals surface area contributed by atoms with Crippen LogP contribution in [0.25, 0.3) is 10.9 Å². The maximum atomic E-state index is 12.4. The Morgan fingerprint density at radius 1 is 1.38 bits per heavy atom. The third-order valence-electron chi connectivity index (χ3n) is 4.48. The van der Waals surface area contributed by atoms with Crippen molar-refractivity contribution in [3.63, 3.8) is 0 Å². The number of amides is 1. The second-order valence-corrected chi connectivity index (χ2v) is 6.37. The highest BCUT2D eigenvalue weighted by Crippen LogP contribution is 2.29. The number of aromatic amines is 1. The summed E-state index contributed by atoms with van der Waals surface area (Å²) in [6, 6.07) is 5.99. The number of benzene rings is 1. The molecule has 1 atom stereocenters. The fraction of sp³-hybridized carbons (Fsp3) is 0.526. The first-order valence-electron chi connectivity index (χ1n) is 8.74. The van der Waals surface area contributed by atoms with E-state index < -0.39 is 5.60 Å². The Bertz CT molecular complexity index is 664. The Hall–Kier alpha value is -1.52. The summed E-state index contributed by atoms with van der Waals surface area (Å²) in [6.45, 7) is 9.12. The summed E-state index contributed by atoms with van der Waals surface area (Å²) < 4.78 is 5.69. The molecule has 0 spiro atoms. The highest BCUT2D eigenvalue weighted by Gasteiger charge is 2.40. The number of hydrogen-bond donors (Lipinski definition) is 2. The molecule has 0 bridgehead atoms. The van der Waals surface area contributed by atoms with Gasteiger partial charge in [0.1, 0.15) is 5.60 Å². The molecule has 2 N–H and O–H groups in total. The van der Waals surface area contributed by atoms with Gasteiger partial charge < -0.3 is 15.0 Å². The predicted molar refractivity (Wildman–Crippen MR) is 99.4 cm³/mol. The van der Waals surface area contributed by atoms with Gasteiger partial charge in [-0.15, -0.1) is 0 Å². The van der Waals surface area contributed by atoms with E-state index in [1.54, 1.807) is 0 Å². The highest BCUT2D eigenvalue weighted by atomic mass is 35.5. The lowest BCUT2D eigenvalue weighted by atomic mass is 9.96. The van der Waals surface area contributed by atoms with Gasteiger partial charge in [0.05, 0.1) is 6.54 Å². The summed E-state index contributed by atoms with van der Waals surface area (Å²) in [6.07, 6.45) is 2.46. The molecule has 5 heteroatoms. The van der Waals surface area contributed by atoms with Crippen LogP contribution in [0.3, 0.4) is 0 Å². The molecule has 1 fully saturated rings. The number of ether oxygens (including phenoxy) is 1. The topological polar surface area (TPSA) is 54.1 Å². The van der Waals surface area contributed by atoms with E-state index in [4.69, 9.17) is 16.3 Å². The largest absolute Gasteiger partial charge is 0.365 e. The average molecular weight is 351 g/mol. The molecule has 3 rings (SSSR count). The molecule has 2 aromatic rings. The van der Waals surface area contributed by atoms with Crippen molar-refractivity contribution in [3.8, 4) is 0 Å². The van der Waals surface area contributed by atoms with E-state index in [1.807, 2.05) is 45.9 Å². The molecule has 1 aliphatic rings. The van der Waals surface area contributed by atoms with Crippen LogP contribution < -0.4 is 5.32 Å². The summed E-state index contributed by atoms with van der Waals surface area (Å²) in [5.74, 6) is -0.0135. The molecule has 0 radical (unpaired) electrons. The Balaban J connectivity index is 0.00000100. The number of halogens is 1. The number of carbonyl (C=O) groups is 1. The molecule has 0 aliphatic carbocycles. The second kappa shape index (κ2) is 8.04. The van der Waals surface area contributed by atoms with Crippen LogP contribution in [-0.2, 0) is 16.1 Å². The lowest BCUT2D eigenvalue weighted by Gasteiger charge is -2.25. The van der Waals surface area contributed by atoms with Crippen LogP contribution in [0.5, 0.6) is 0 Å². The molecule has 1 unspecified atom stereocenters. The number of aromatic nitrogens is 1. The summed E-state index contributed by atoms with van der Waals surface area (Å²) in [5.41, 5.74) is 2.41. The summed E-state index contributed by atoms with van der Waals surface area (Å²) in [4.78, 5) is 15.7. The zero-order valence-electron chi connectivity index (χ0n) is 15.0. The average Bonchev–Trinajstić information content (AvgIpc) is 3.22. The van der Waals surface area contributed by atoms with Crippen LogP contribution in [0, 0.1) is 6.92 Å². The van der Waals surface area contributed by atoms with Gasteiger partial charge in [-0.3, -0.25) is 4.79 Å². The van der Waals surface area contributed by atoms with Crippen molar-refractivity contribution in [1.29, 1.82) is 0 Å². The van der Waals surface area contributed by atoms with E-state index in [0.29, 0.717) is 19.6 Å². The number of aryl methyl sites for hydroxylation is 1. The van der Waals surface area contributed by atoms with Crippen molar-refractivity contribution < 1.29 is 9.53 Å². The number of hydrogen-bond acceptors (Lipinski definition) is 2. The van der Waals surface area contributed by atoms with E-state index in [0.717, 1.165) is 40.0 Å². The number of fused-ring (bicyclic) bond motifs is 1. The zero-order chi connectivity index (χ0) is 17.7. The van der Waals surface area contributed by atoms with Gasteiger partial charge >= 0.3 is 0 Å². The number of carbonyl (C=O) groups excluding carboxylic acids is 1. The van der Waals surface area contributed by atoms with Gasteiger partial charge in [0, 0.05) is 28.2 Å². The fourth-order valence-corrected chi connectivity index (χ4v) is 3.24. The first-order chi connectivity index (χ1) is 11.5. The fourth-order valence-electron chi connectivity index (χ4n) is 3.07. The molecule has 4 nitrogen and oxygen atoms in total. The first kappa shape index (κ1) is 18.8. The minimum absolute atomic E-state index is 0.0135. The van der Waals surface area contributed by atoms with Gasteiger partial charge in [0.2, 0.25) is 0 Å². The van der Waals surface area contributed by atoms with Crippen molar-refractivity contribution in [2.24, 2.45) is 0 Å². The number of rotatable bonds is 4. The van der Waals surface area contributed by atoms with Gasteiger partial charge in [-0.25, -0.2) is 0 Å². The predicted octanol–water partition coefficient (Wildman–Crippen LogP) is 4.73. The molecule has 2 heterocycles. The molecule has 1 aromatic carbocycles. The molecular formula is C19H27ClN2O2. The maximum Gasteiger partial charge on any atom is 0.252 e. The smallest absolute Gasteiger partial charge is 0.252 e. The zero-order valence-corrected chi connectivity index (χ0v) is 15.7. The van der Waals surface area contributed by atoms with Crippen molar-refractivity contribution in [3.05, 3.63) is 34.5 Å². The standard InChI is InChI=1S/C17H21ClN2O2.C2H6/c1-3-17(5-4-6-22-17)16(21)19-10-13-8-12-9-14(18)11(2)7-15(12)20-13;1-2/h7-9,20H,3-6,10H2,1-2H3,(H,19,21);1-2H3. The van der Waals surface area contributed by atoms with E-state index in [-0.39, 0.29) is 5.91 Å². The van der Waals surface area contributed by atoms with Crippen LogP contribution in [0.4, 0.5) is 0 Å². The lowest BCUT2D eigenvalue weighted by Crippen LogP contribution is -2.45. The first-order valence-corrected chi connectivity index (χ1v) is 9.12. The van der Waals surface area contributed by atoms with E-state index in [1.165, 1.54) is 0 Å². The van der Waals surface area contributed by atoms with Gasteiger partial charge in [0.15, 0.2) is 0 Å². The highest BCUT2D eigenvalue weighted by molar-refractivity contribution is 6.32. The van der Waals surface area contributed by atoms with Crippen molar-refractivity contribution in [1.82, 2.24) is 10.3 Å². The molecule has 24 heavy (non-hydrogen) atoms. The normalized spacial score (nSPS) is 19.9. The van der Waals surface area contributed by atoms with Gasteiger partial charge in [-0.2, -0.15) is 0 Å². The summed E-state index contributed by atoms with van der Waals surface area (Å²) in [7, 11) is 0. The monoisotopic (exact) mass is 350 g/mol. The molecule has 1 aromatic heterocycles. The Morgan fingerprint density at radius 3 is 2.75 bits per heavy atom. The molecular weight excluding hydrogens is 324 g/mol. The molecule has 132 valence electrons. The minimum atomic E-state index is -0.633. The Morgan fingerprint density at radius 2 is 2.12 bits per heavy atom. The summed E-state index contributed by atoms with van der Waals surface area (Å²) >= 11 is 6.15. The van der Waals surface area contributed by atoms with Gasteiger partial charge in [-0.1, -0.05) is 32.4 Å². The number of H-pyrrole nitrogens is 1. The molecule has 1 aliphatic heterocycles. The van der Waals surface area contributed by atoms with Crippen LogP contribution in [-0.4, -0.2) is 23.1 Å². The van der Waals surface area contributed by atoms with Gasteiger partial charge in [-0.05, 0) is 49.9 Å².